The van der Waals surface area contributed by atoms with Crippen LogP contribution in [0.3, 0.4) is 0 Å². The van der Waals surface area contributed by atoms with Gasteiger partial charge in [0.15, 0.2) is 8.32 Å². The minimum Gasteiger partial charge on any atom is -0.402 e. The molecule has 3 heteroatoms. The average Bonchev–Trinajstić information content (AvgIpc) is 2.27. The highest BCUT2D eigenvalue weighted by Gasteiger charge is 2.22. The van der Waals surface area contributed by atoms with Gasteiger partial charge in [-0.3, -0.25) is 0 Å². The first kappa shape index (κ1) is 13.9. The molecule has 0 heterocycles. The molecule has 0 saturated heterocycles. The molecule has 0 spiro atoms. The van der Waals surface area contributed by atoms with Crippen molar-refractivity contribution in [2.24, 2.45) is 0 Å². The van der Waals surface area contributed by atoms with Gasteiger partial charge >= 0.3 is 0 Å². The number of nitriles is 1. The topological polar surface area (TPSA) is 33.0 Å². The Balaban J connectivity index is 2.61. The van der Waals surface area contributed by atoms with Crippen molar-refractivity contribution in [3.8, 4) is 6.07 Å². The maximum absolute atomic E-state index is 9.13. The lowest BCUT2D eigenvalue weighted by Gasteiger charge is -2.23. The summed E-state index contributed by atoms with van der Waals surface area (Å²) in [6, 6.07) is 12.6. The Hall–Kier alpha value is -1.11. The Morgan fingerprint density at radius 2 is 1.82 bits per heavy atom. The molecule has 0 saturated carbocycles. The summed E-state index contributed by atoms with van der Waals surface area (Å²) in [6.07, 6.45) is 0.488. The second-order valence-electron chi connectivity index (χ2n) is 5.40. The number of benzene rings is 1. The SMILES string of the molecule is CC(CC(C#N)O[Si](C)(C)C)c1ccccc1. The van der Waals surface area contributed by atoms with E-state index in [9.17, 15) is 0 Å². The standard InChI is InChI=1S/C14H21NOSi/c1-12(13-8-6-5-7-9-13)10-14(11-15)16-17(2,3)4/h5-9,12,14H,10H2,1-4H3. The zero-order valence-electron chi connectivity index (χ0n) is 11.1. The number of rotatable bonds is 5. The lowest BCUT2D eigenvalue weighted by atomic mass is 9.95. The first-order valence-electron chi connectivity index (χ1n) is 6.05. The molecule has 1 rings (SSSR count). The highest BCUT2D eigenvalue weighted by molar-refractivity contribution is 6.69. The summed E-state index contributed by atoms with van der Waals surface area (Å²) >= 11 is 0. The van der Waals surface area contributed by atoms with Crippen molar-refractivity contribution < 1.29 is 4.43 Å². The van der Waals surface area contributed by atoms with Crippen molar-refractivity contribution in [1.29, 1.82) is 5.26 Å². The van der Waals surface area contributed by atoms with Gasteiger partial charge in [-0.15, -0.1) is 0 Å². The van der Waals surface area contributed by atoms with E-state index in [2.05, 4.69) is 44.8 Å². The summed E-state index contributed by atoms with van der Waals surface area (Å²) < 4.78 is 5.86. The molecule has 0 aliphatic carbocycles. The normalized spacial score (nSPS) is 15.0. The van der Waals surface area contributed by atoms with Gasteiger partial charge in [0.1, 0.15) is 6.10 Å². The van der Waals surface area contributed by atoms with E-state index in [1.165, 1.54) is 5.56 Å². The van der Waals surface area contributed by atoms with Gasteiger partial charge < -0.3 is 4.43 Å². The van der Waals surface area contributed by atoms with Crippen LogP contribution >= 0.6 is 0 Å². The molecule has 2 unspecified atom stereocenters. The molecule has 0 radical (unpaired) electrons. The molecule has 0 aromatic heterocycles. The molecule has 0 amide bonds. The molecule has 2 atom stereocenters. The molecular formula is C14H21NOSi. The first-order chi connectivity index (χ1) is 7.92. The Kier molecular flexibility index (Phi) is 4.92. The van der Waals surface area contributed by atoms with Crippen LogP contribution in [-0.4, -0.2) is 14.4 Å². The number of nitrogens with zero attached hydrogens (tertiary/aromatic N) is 1. The second kappa shape index (κ2) is 5.99. The largest absolute Gasteiger partial charge is 0.402 e. The lowest BCUT2D eigenvalue weighted by molar-refractivity contribution is 0.229. The fraction of sp³-hybridized carbons (Fsp3) is 0.500. The quantitative estimate of drug-likeness (QED) is 0.739. The fourth-order valence-corrected chi connectivity index (χ4v) is 2.80. The number of hydrogen-bond donors (Lipinski definition) is 0. The van der Waals surface area contributed by atoms with Gasteiger partial charge in [0, 0.05) is 0 Å². The van der Waals surface area contributed by atoms with E-state index in [1.54, 1.807) is 0 Å². The van der Waals surface area contributed by atoms with E-state index in [4.69, 9.17) is 9.69 Å². The van der Waals surface area contributed by atoms with Crippen LogP contribution in [0.4, 0.5) is 0 Å². The molecule has 0 aliphatic heterocycles. The van der Waals surface area contributed by atoms with Crippen LogP contribution in [0.15, 0.2) is 30.3 Å². The fourth-order valence-electron chi connectivity index (χ4n) is 1.79. The monoisotopic (exact) mass is 247 g/mol. The van der Waals surface area contributed by atoms with E-state index >= 15 is 0 Å². The maximum atomic E-state index is 9.13. The highest BCUT2D eigenvalue weighted by Crippen LogP contribution is 2.22. The third-order valence-electron chi connectivity index (χ3n) is 2.58. The van der Waals surface area contributed by atoms with Gasteiger partial charge in [-0.05, 0) is 37.5 Å². The Labute approximate surface area is 105 Å². The molecular weight excluding hydrogens is 226 g/mol. The van der Waals surface area contributed by atoms with Crippen molar-refractivity contribution in [3.05, 3.63) is 35.9 Å². The van der Waals surface area contributed by atoms with Crippen LogP contribution in [-0.2, 0) is 4.43 Å². The Morgan fingerprint density at radius 1 is 1.24 bits per heavy atom. The zero-order valence-corrected chi connectivity index (χ0v) is 12.1. The van der Waals surface area contributed by atoms with E-state index in [-0.39, 0.29) is 6.10 Å². The molecule has 0 fully saturated rings. The van der Waals surface area contributed by atoms with Crippen LogP contribution in [0, 0.1) is 11.3 Å². The van der Waals surface area contributed by atoms with E-state index in [0.717, 1.165) is 6.42 Å². The van der Waals surface area contributed by atoms with Crippen molar-refractivity contribution in [2.75, 3.05) is 0 Å². The Morgan fingerprint density at radius 3 is 2.29 bits per heavy atom. The van der Waals surface area contributed by atoms with E-state index < -0.39 is 8.32 Å². The van der Waals surface area contributed by atoms with Crippen molar-refractivity contribution in [2.45, 2.75) is 45.0 Å². The molecule has 2 nitrogen and oxygen atoms in total. The van der Waals surface area contributed by atoms with Crippen LogP contribution in [0.2, 0.25) is 19.6 Å². The molecule has 0 bridgehead atoms. The molecule has 1 aromatic rings. The smallest absolute Gasteiger partial charge is 0.185 e. The molecule has 92 valence electrons. The third-order valence-corrected chi connectivity index (χ3v) is 3.57. The maximum Gasteiger partial charge on any atom is 0.185 e. The summed E-state index contributed by atoms with van der Waals surface area (Å²) in [5.41, 5.74) is 1.27. The van der Waals surface area contributed by atoms with E-state index in [1.807, 2.05) is 18.2 Å². The van der Waals surface area contributed by atoms with Crippen LogP contribution < -0.4 is 0 Å². The van der Waals surface area contributed by atoms with Crippen molar-refractivity contribution in [3.63, 3.8) is 0 Å². The van der Waals surface area contributed by atoms with Gasteiger partial charge in [0.05, 0.1) is 6.07 Å². The molecule has 0 N–H and O–H groups in total. The minimum absolute atomic E-state index is 0.281. The van der Waals surface area contributed by atoms with Crippen LogP contribution in [0.25, 0.3) is 0 Å². The number of hydrogen-bond acceptors (Lipinski definition) is 2. The van der Waals surface area contributed by atoms with Crippen molar-refractivity contribution >= 4 is 8.32 Å². The summed E-state index contributed by atoms with van der Waals surface area (Å²) in [7, 11) is -1.63. The summed E-state index contributed by atoms with van der Waals surface area (Å²) in [4.78, 5) is 0. The summed E-state index contributed by atoms with van der Waals surface area (Å²) in [5, 5.41) is 9.13. The molecule has 17 heavy (non-hydrogen) atoms. The van der Waals surface area contributed by atoms with E-state index in [0.29, 0.717) is 5.92 Å². The summed E-state index contributed by atoms with van der Waals surface area (Å²) in [6.45, 7) is 8.49. The lowest BCUT2D eigenvalue weighted by Crippen LogP contribution is -2.32. The van der Waals surface area contributed by atoms with Gasteiger partial charge in [0.2, 0.25) is 0 Å². The van der Waals surface area contributed by atoms with Gasteiger partial charge in [0.25, 0.3) is 0 Å². The van der Waals surface area contributed by atoms with Crippen LogP contribution in [0.1, 0.15) is 24.8 Å². The van der Waals surface area contributed by atoms with Crippen LogP contribution in [0.5, 0.6) is 0 Å². The summed E-state index contributed by atoms with van der Waals surface area (Å²) in [5.74, 6) is 0.359. The first-order valence-corrected chi connectivity index (χ1v) is 9.45. The predicted octanol–water partition coefficient (Wildman–Crippen LogP) is 3.92. The average molecular weight is 247 g/mol. The Bertz CT molecular complexity index is 377. The third kappa shape index (κ3) is 5.16. The zero-order chi connectivity index (χ0) is 12.9. The van der Waals surface area contributed by atoms with Gasteiger partial charge in [-0.2, -0.15) is 5.26 Å². The minimum atomic E-state index is -1.63. The second-order valence-corrected chi connectivity index (χ2v) is 9.86. The highest BCUT2D eigenvalue weighted by atomic mass is 28.4. The molecule has 1 aromatic carbocycles. The van der Waals surface area contributed by atoms with Crippen molar-refractivity contribution in [1.82, 2.24) is 0 Å². The van der Waals surface area contributed by atoms with Gasteiger partial charge in [-0.1, -0.05) is 37.3 Å². The predicted molar refractivity (Wildman–Crippen MR) is 73.3 cm³/mol. The van der Waals surface area contributed by atoms with Gasteiger partial charge in [-0.25, -0.2) is 0 Å². The molecule has 0 aliphatic rings.